The number of sulfonamides is 1. The molecule has 178 valence electrons. The molecule has 0 spiro atoms. The fourth-order valence-electron chi connectivity index (χ4n) is 4.07. The van der Waals surface area contributed by atoms with Gasteiger partial charge in [-0.15, -0.1) is 0 Å². The molecule has 0 radical (unpaired) electrons. The van der Waals surface area contributed by atoms with E-state index in [4.69, 9.17) is 4.98 Å². The zero-order valence-corrected chi connectivity index (χ0v) is 20.1. The van der Waals surface area contributed by atoms with E-state index < -0.39 is 10.0 Å². The van der Waals surface area contributed by atoms with Crippen LogP contribution in [0, 0.1) is 0 Å². The van der Waals surface area contributed by atoms with Crippen LogP contribution in [0.2, 0.25) is 0 Å². The summed E-state index contributed by atoms with van der Waals surface area (Å²) >= 11 is 0. The fourth-order valence-corrected chi connectivity index (χ4v) is 4.63. The number of piperidine rings is 2. The first-order chi connectivity index (χ1) is 15.9. The van der Waals surface area contributed by atoms with Crippen LogP contribution in [0.25, 0.3) is 0 Å². The standard InChI is InChI=1S/C22H32N8O2S/c1-17(18-9-11-19(12-10-18)28-33(2,31)32)26-27-20-23-21(29-13-5-3-6-14-29)25-22(24-20)30-15-7-4-8-16-30/h9-12,28H,3-8,13-16H2,1-2H3,(H,23,24,25,27)/b26-17-. The molecule has 0 saturated carbocycles. The Bertz CT molecular complexity index is 1040. The second kappa shape index (κ2) is 10.3. The van der Waals surface area contributed by atoms with Crippen molar-refractivity contribution >= 4 is 39.3 Å². The first-order valence-electron chi connectivity index (χ1n) is 11.5. The number of nitrogens with zero attached hydrogens (tertiary/aromatic N) is 6. The lowest BCUT2D eigenvalue weighted by Gasteiger charge is -2.30. The number of anilines is 4. The van der Waals surface area contributed by atoms with Crippen molar-refractivity contribution in [3.8, 4) is 0 Å². The van der Waals surface area contributed by atoms with E-state index in [0.717, 1.165) is 69.4 Å². The van der Waals surface area contributed by atoms with Gasteiger partial charge in [0.25, 0.3) is 0 Å². The topological polar surface area (TPSA) is 116 Å². The summed E-state index contributed by atoms with van der Waals surface area (Å²) in [4.78, 5) is 18.6. The van der Waals surface area contributed by atoms with E-state index in [1.807, 2.05) is 19.1 Å². The molecule has 2 saturated heterocycles. The average molecular weight is 473 g/mol. The lowest BCUT2D eigenvalue weighted by Crippen LogP contribution is -2.34. The zero-order chi connectivity index (χ0) is 23.3. The molecule has 1 aromatic carbocycles. The summed E-state index contributed by atoms with van der Waals surface area (Å²) in [7, 11) is -3.31. The molecule has 0 amide bonds. The van der Waals surface area contributed by atoms with Crippen molar-refractivity contribution in [1.82, 2.24) is 15.0 Å². The summed E-state index contributed by atoms with van der Waals surface area (Å²) in [6, 6.07) is 7.06. The molecule has 2 fully saturated rings. The lowest BCUT2D eigenvalue weighted by atomic mass is 10.1. The Balaban J connectivity index is 1.53. The molecular formula is C22H32N8O2S. The van der Waals surface area contributed by atoms with E-state index in [-0.39, 0.29) is 0 Å². The number of hydrogen-bond acceptors (Lipinski definition) is 9. The van der Waals surface area contributed by atoms with Crippen molar-refractivity contribution in [3.05, 3.63) is 29.8 Å². The second-order valence-corrected chi connectivity index (χ2v) is 10.4. The molecule has 2 aliphatic rings. The zero-order valence-electron chi connectivity index (χ0n) is 19.3. The van der Waals surface area contributed by atoms with Crippen LogP contribution in [0.1, 0.15) is 51.0 Å². The van der Waals surface area contributed by atoms with Gasteiger partial charge in [0.1, 0.15) is 0 Å². The highest BCUT2D eigenvalue weighted by molar-refractivity contribution is 7.92. The molecule has 11 heteroatoms. The highest BCUT2D eigenvalue weighted by Gasteiger charge is 2.20. The summed E-state index contributed by atoms with van der Waals surface area (Å²) in [5, 5.41) is 4.48. The minimum Gasteiger partial charge on any atom is -0.341 e. The Morgan fingerprint density at radius 2 is 1.36 bits per heavy atom. The lowest BCUT2D eigenvalue weighted by molar-refractivity contribution is 0.556. The van der Waals surface area contributed by atoms with E-state index in [1.165, 1.54) is 12.8 Å². The normalized spacial score (nSPS) is 17.7. The van der Waals surface area contributed by atoms with Crippen molar-refractivity contribution in [2.45, 2.75) is 45.4 Å². The number of hydrogen-bond donors (Lipinski definition) is 2. The van der Waals surface area contributed by atoms with Crippen LogP contribution in [0.5, 0.6) is 0 Å². The van der Waals surface area contributed by atoms with Gasteiger partial charge >= 0.3 is 0 Å². The molecule has 0 atom stereocenters. The molecule has 0 unspecified atom stereocenters. The van der Waals surface area contributed by atoms with Gasteiger partial charge in [-0.05, 0) is 63.1 Å². The second-order valence-electron chi connectivity index (χ2n) is 8.62. The SMILES string of the molecule is C/C(=N/Nc1nc(N2CCCCC2)nc(N2CCCCC2)n1)c1ccc(NS(C)(=O)=O)cc1. The van der Waals surface area contributed by atoms with Gasteiger partial charge in [0.2, 0.25) is 27.9 Å². The molecule has 4 rings (SSSR count). The van der Waals surface area contributed by atoms with Crippen LogP contribution in [-0.4, -0.2) is 61.5 Å². The smallest absolute Gasteiger partial charge is 0.250 e. The van der Waals surface area contributed by atoms with Gasteiger partial charge in [-0.3, -0.25) is 4.72 Å². The summed E-state index contributed by atoms with van der Waals surface area (Å²) in [5.41, 5.74) is 5.13. The maximum Gasteiger partial charge on any atom is 0.250 e. The number of benzene rings is 1. The Kier molecular flexibility index (Phi) is 7.26. The van der Waals surface area contributed by atoms with Crippen LogP contribution < -0.4 is 19.9 Å². The molecule has 2 aromatic rings. The largest absolute Gasteiger partial charge is 0.341 e. The molecule has 0 aliphatic carbocycles. The minimum absolute atomic E-state index is 0.431. The van der Waals surface area contributed by atoms with Gasteiger partial charge in [-0.25, -0.2) is 13.8 Å². The number of nitrogens with one attached hydrogen (secondary N) is 2. The molecule has 0 bridgehead atoms. The highest BCUT2D eigenvalue weighted by atomic mass is 32.2. The van der Waals surface area contributed by atoms with Crippen LogP contribution in [-0.2, 0) is 10.0 Å². The van der Waals surface area contributed by atoms with Crippen LogP contribution >= 0.6 is 0 Å². The fraction of sp³-hybridized carbons (Fsp3) is 0.545. The molecule has 3 heterocycles. The molecule has 10 nitrogen and oxygen atoms in total. The van der Waals surface area contributed by atoms with Crippen LogP contribution in [0.3, 0.4) is 0 Å². The Hall–Kier alpha value is -2.95. The van der Waals surface area contributed by atoms with E-state index in [2.05, 4.69) is 35.0 Å². The Morgan fingerprint density at radius 1 is 0.848 bits per heavy atom. The maximum absolute atomic E-state index is 11.4. The Morgan fingerprint density at radius 3 is 1.85 bits per heavy atom. The average Bonchev–Trinajstić information content (AvgIpc) is 2.83. The van der Waals surface area contributed by atoms with Crippen LogP contribution in [0.15, 0.2) is 29.4 Å². The van der Waals surface area contributed by atoms with E-state index in [9.17, 15) is 8.42 Å². The summed E-state index contributed by atoms with van der Waals surface area (Å²) in [5.74, 6) is 1.84. The predicted molar refractivity (Wildman–Crippen MR) is 133 cm³/mol. The summed E-state index contributed by atoms with van der Waals surface area (Å²) < 4.78 is 25.2. The monoisotopic (exact) mass is 472 g/mol. The van der Waals surface area contributed by atoms with Gasteiger partial charge in [0.15, 0.2) is 0 Å². The third-order valence-electron chi connectivity index (χ3n) is 5.82. The molecule has 2 N–H and O–H groups in total. The number of rotatable bonds is 7. The minimum atomic E-state index is -3.31. The first kappa shape index (κ1) is 23.2. The molecule has 2 aliphatic heterocycles. The quantitative estimate of drug-likeness (QED) is 0.467. The van der Waals surface area contributed by atoms with Crippen molar-refractivity contribution in [2.24, 2.45) is 5.10 Å². The number of hydrazone groups is 1. The summed E-state index contributed by atoms with van der Waals surface area (Å²) in [6.45, 7) is 5.71. The summed E-state index contributed by atoms with van der Waals surface area (Å²) in [6.07, 6.45) is 8.21. The molecule has 1 aromatic heterocycles. The predicted octanol–water partition coefficient (Wildman–Crippen LogP) is 3.06. The highest BCUT2D eigenvalue weighted by Crippen LogP contribution is 2.22. The maximum atomic E-state index is 11.4. The van der Waals surface area contributed by atoms with Crippen LogP contribution in [0.4, 0.5) is 23.5 Å². The van der Waals surface area contributed by atoms with Gasteiger partial charge in [0.05, 0.1) is 12.0 Å². The van der Waals surface area contributed by atoms with E-state index >= 15 is 0 Å². The molecular weight excluding hydrogens is 440 g/mol. The molecule has 33 heavy (non-hydrogen) atoms. The van der Waals surface area contributed by atoms with Gasteiger partial charge in [-0.1, -0.05) is 12.1 Å². The van der Waals surface area contributed by atoms with Crippen molar-refractivity contribution in [3.63, 3.8) is 0 Å². The van der Waals surface area contributed by atoms with Gasteiger partial charge < -0.3 is 9.80 Å². The Labute approximate surface area is 195 Å². The van der Waals surface area contributed by atoms with Gasteiger partial charge in [0, 0.05) is 31.9 Å². The third-order valence-corrected chi connectivity index (χ3v) is 6.43. The first-order valence-corrected chi connectivity index (χ1v) is 13.4. The number of aromatic nitrogens is 3. The van der Waals surface area contributed by atoms with Crippen molar-refractivity contribution in [1.29, 1.82) is 0 Å². The third kappa shape index (κ3) is 6.53. The van der Waals surface area contributed by atoms with Crippen molar-refractivity contribution < 1.29 is 8.42 Å². The van der Waals surface area contributed by atoms with E-state index in [0.29, 0.717) is 23.5 Å². The van der Waals surface area contributed by atoms with Crippen molar-refractivity contribution in [2.75, 3.05) is 52.4 Å². The van der Waals surface area contributed by atoms with Gasteiger partial charge in [-0.2, -0.15) is 20.1 Å². The van der Waals surface area contributed by atoms with E-state index in [1.54, 1.807) is 12.1 Å².